The molecule has 4 rings (SSSR count). The van der Waals surface area contributed by atoms with Gasteiger partial charge >= 0.3 is 0 Å². The summed E-state index contributed by atoms with van der Waals surface area (Å²) in [6.07, 6.45) is 3.46. The molecule has 25 heavy (non-hydrogen) atoms. The van der Waals surface area contributed by atoms with Crippen molar-refractivity contribution in [1.29, 1.82) is 0 Å². The molecule has 2 heterocycles. The fourth-order valence-corrected chi connectivity index (χ4v) is 2.83. The van der Waals surface area contributed by atoms with E-state index in [4.69, 9.17) is 10.8 Å². The number of hydrazone groups is 1. The lowest BCUT2D eigenvalue weighted by molar-refractivity contribution is 0.755. The number of aromatic nitrogens is 2. The van der Waals surface area contributed by atoms with Crippen LogP contribution in [0.25, 0.3) is 0 Å². The first-order valence-corrected chi connectivity index (χ1v) is 8.08. The minimum absolute atomic E-state index is 0.606. The van der Waals surface area contributed by atoms with Crippen LogP contribution in [0.1, 0.15) is 5.82 Å². The van der Waals surface area contributed by atoms with E-state index in [9.17, 15) is 0 Å². The molecule has 124 valence electrons. The highest BCUT2D eigenvalue weighted by Gasteiger charge is 2.24. The number of nitrogens with two attached hydrogens (primary N) is 1. The average molecular weight is 330 g/mol. The van der Waals surface area contributed by atoms with E-state index in [-0.39, 0.29) is 0 Å². The second kappa shape index (κ2) is 6.60. The number of rotatable bonds is 3. The molecule has 0 saturated heterocycles. The van der Waals surface area contributed by atoms with Crippen LogP contribution in [0.5, 0.6) is 0 Å². The van der Waals surface area contributed by atoms with Gasteiger partial charge in [0.05, 0.1) is 17.9 Å². The lowest BCUT2D eigenvalue weighted by Gasteiger charge is -2.35. The van der Waals surface area contributed by atoms with Crippen molar-refractivity contribution in [3.8, 4) is 0 Å². The predicted octanol–water partition coefficient (Wildman–Crippen LogP) is 2.75. The van der Waals surface area contributed by atoms with Gasteiger partial charge < -0.3 is 10.6 Å². The summed E-state index contributed by atoms with van der Waals surface area (Å²) in [4.78, 5) is 10.9. The summed E-state index contributed by atoms with van der Waals surface area (Å²) in [5.74, 6) is 0.627. The Balaban J connectivity index is 1.76. The molecule has 1 aromatic heterocycles. The van der Waals surface area contributed by atoms with Crippen molar-refractivity contribution in [3.05, 3.63) is 78.9 Å². The highest BCUT2D eigenvalue weighted by Crippen LogP contribution is 2.27. The molecular formula is C19H18N6. The molecule has 0 atom stereocenters. The monoisotopic (exact) mass is 330 g/mol. The zero-order valence-corrected chi connectivity index (χ0v) is 13.7. The SMILES string of the molecule is Nc1ccccc1N1CN(c2ccccc2)CC(c2ncccn2)=N1. The van der Waals surface area contributed by atoms with Crippen molar-refractivity contribution >= 4 is 22.8 Å². The number of hydrogen-bond acceptors (Lipinski definition) is 6. The summed E-state index contributed by atoms with van der Waals surface area (Å²) in [5, 5.41) is 6.66. The first kappa shape index (κ1) is 15.1. The Morgan fingerprint density at radius 1 is 0.840 bits per heavy atom. The van der Waals surface area contributed by atoms with E-state index in [2.05, 4.69) is 27.0 Å². The first-order valence-electron chi connectivity index (χ1n) is 8.08. The normalized spacial score (nSPS) is 14.3. The zero-order chi connectivity index (χ0) is 17.1. The van der Waals surface area contributed by atoms with Crippen LogP contribution in [0.2, 0.25) is 0 Å². The van der Waals surface area contributed by atoms with E-state index in [1.54, 1.807) is 18.5 Å². The van der Waals surface area contributed by atoms with Crippen LogP contribution < -0.4 is 15.6 Å². The lowest BCUT2D eigenvalue weighted by atomic mass is 10.2. The molecule has 2 N–H and O–H groups in total. The van der Waals surface area contributed by atoms with Crippen LogP contribution in [-0.2, 0) is 0 Å². The van der Waals surface area contributed by atoms with Crippen molar-refractivity contribution < 1.29 is 0 Å². The standard InChI is InChI=1S/C19H18N6/c20-16-9-4-5-10-18(16)25-14-24(15-7-2-1-3-8-15)13-17(23-25)19-21-11-6-12-22-19/h1-12H,13-14,20H2. The van der Waals surface area contributed by atoms with Crippen LogP contribution in [0, 0.1) is 0 Å². The van der Waals surface area contributed by atoms with Crippen molar-refractivity contribution in [2.75, 3.05) is 28.9 Å². The molecule has 1 aliphatic heterocycles. The van der Waals surface area contributed by atoms with Gasteiger partial charge in [-0.15, -0.1) is 0 Å². The zero-order valence-electron chi connectivity index (χ0n) is 13.7. The van der Waals surface area contributed by atoms with E-state index in [1.807, 2.05) is 47.5 Å². The topological polar surface area (TPSA) is 70.6 Å². The fraction of sp³-hybridized carbons (Fsp3) is 0.105. The highest BCUT2D eigenvalue weighted by molar-refractivity contribution is 6.02. The molecular weight excluding hydrogens is 312 g/mol. The van der Waals surface area contributed by atoms with Gasteiger partial charge in [0.25, 0.3) is 0 Å². The Morgan fingerprint density at radius 2 is 1.56 bits per heavy atom. The molecule has 3 aromatic rings. The summed E-state index contributed by atoms with van der Waals surface area (Å²) in [6.45, 7) is 1.24. The number of benzene rings is 2. The number of hydrogen-bond donors (Lipinski definition) is 1. The van der Waals surface area contributed by atoms with Gasteiger partial charge in [0.15, 0.2) is 5.82 Å². The van der Waals surface area contributed by atoms with Gasteiger partial charge in [-0.25, -0.2) is 15.0 Å². The van der Waals surface area contributed by atoms with Crippen LogP contribution in [0.15, 0.2) is 78.2 Å². The molecule has 0 unspecified atom stereocenters. The van der Waals surface area contributed by atoms with Crippen LogP contribution in [0.4, 0.5) is 17.1 Å². The fourth-order valence-electron chi connectivity index (χ4n) is 2.83. The highest BCUT2D eigenvalue weighted by atomic mass is 15.5. The Kier molecular flexibility index (Phi) is 4.00. The summed E-state index contributed by atoms with van der Waals surface area (Å²) in [7, 11) is 0. The van der Waals surface area contributed by atoms with Gasteiger partial charge in [-0.1, -0.05) is 30.3 Å². The maximum absolute atomic E-state index is 6.16. The third kappa shape index (κ3) is 3.14. The van der Waals surface area contributed by atoms with Gasteiger partial charge in [-0.2, -0.15) is 5.10 Å². The molecule has 1 aliphatic rings. The number of anilines is 3. The lowest BCUT2D eigenvalue weighted by Crippen LogP contribution is -2.45. The minimum atomic E-state index is 0.606. The smallest absolute Gasteiger partial charge is 0.177 e. The van der Waals surface area contributed by atoms with E-state index in [0.29, 0.717) is 24.7 Å². The van der Waals surface area contributed by atoms with Crippen LogP contribution in [0.3, 0.4) is 0 Å². The summed E-state index contributed by atoms with van der Waals surface area (Å²) < 4.78 is 0. The van der Waals surface area contributed by atoms with E-state index < -0.39 is 0 Å². The second-order valence-corrected chi connectivity index (χ2v) is 5.75. The maximum Gasteiger partial charge on any atom is 0.177 e. The molecule has 0 spiro atoms. The van der Waals surface area contributed by atoms with Crippen molar-refractivity contribution in [2.45, 2.75) is 0 Å². The quantitative estimate of drug-likeness (QED) is 0.748. The van der Waals surface area contributed by atoms with Gasteiger partial charge in [-0.3, -0.25) is 0 Å². The molecule has 2 aromatic carbocycles. The van der Waals surface area contributed by atoms with Gasteiger partial charge in [0.2, 0.25) is 0 Å². The molecule has 6 heteroatoms. The van der Waals surface area contributed by atoms with Gasteiger partial charge in [0.1, 0.15) is 12.4 Å². The summed E-state index contributed by atoms with van der Waals surface area (Å²) >= 11 is 0. The Labute approximate surface area is 146 Å². The molecule has 6 nitrogen and oxygen atoms in total. The largest absolute Gasteiger partial charge is 0.397 e. The predicted molar refractivity (Wildman–Crippen MR) is 101 cm³/mol. The van der Waals surface area contributed by atoms with Gasteiger partial charge in [0, 0.05) is 18.1 Å². The summed E-state index contributed by atoms with van der Waals surface area (Å²) in [5.41, 5.74) is 9.64. The number of nitrogens with zero attached hydrogens (tertiary/aromatic N) is 5. The third-order valence-corrected chi connectivity index (χ3v) is 4.05. The molecule has 0 amide bonds. The van der Waals surface area contributed by atoms with Gasteiger partial charge in [-0.05, 0) is 30.3 Å². The summed E-state index contributed by atoms with van der Waals surface area (Å²) in [6, 6.07) is 19.8. The molecule has 0 fully saturated rings. The Bertz CT molecular complexity index is 879. The number of nitrogen functional groups attached to an aromatic ring is 1. The van der Waals surface area contributed by atoms with E-state index in [1.165, 1.54) is 0 Å². The molecule has 0 aliphatic carbocycles. The van der Waals surface area contributed by atoms with E-state index >= 15 is 0 Å². The average Bonchev–Trinajstić information content (AvgIpc) is 2.69. The Hall–Kier alpha value is -3.41. The van der Waals surface area contributed by atoms with Crippen LogP contribution >= 0.6 is 0 Å². The van der Waals surface area contributed by atoms with E-state index in [0.717, 1.165) is 17.1 Å². The first-order chi connectivity index (χ1) is 12.3. The second-order valence-electron chi connectivity index (χ2n) is 5.75. The van der Waals surface area contributed by atoms with Crippen molar-refractivity contribution in [2.24, 2.45) is 5.10 Å². The number of para-hydroxylation sites is 3. The maximum atomic E-state index is 6.16. The minimum Gasteiger partial charge on any atom is -0.397 e. The molecule has 0 saturated carbocycles. The van der Waals surface area contributed by atoms with Crippen molar-refractivity contribution in [1.82, 2.24) is 9.97 Å². The molecule has 0 bridgehead atoms. The Morgan fingerprint density at radius 3 is 2.32 bits per heavy atom. The van der Waals surface area contributed by atoms with Crippen LogP contribution in [-0.4, -0.2) is 28.9 Å². The third-order valence-electron chi connectivity index (χ3n) is 4.05. The molecule has 0 radical (unpaired) electrons. The van der Waals surface area contributed by atoms with Crippen molar-refractivity contribution in [3.63, 3.8) is 0 Å².